The molecular formula is C50H64Si. The van der Waals surface area contributed by atoms with Gasteiger partial charge < -0.3 is 0 Å². The van der Waals surface area contributed by atoms with E-state index in [0.717, 1.165) is 0 Å². The molecule has 1 heteroatoms. The Hall–Kier alpha value is -3.42. The Morgan fingerprint density at radius 1 is 0.471 bits per heavy atom. The van der Waals surface area contributed by atoms with Crippen LogP contribution in [0.15, 0.2) is 96.1 Å². The monoisotopic (exact) mass is 692 g/mol. The molecule has 0 nitrogen and oxygen atoms in total. The number of benzene rings is 4. The van der Waals surface area contributed by atoms with E-state index in [2.05, 4.69) is 152 Å². The minimum absolute atomic E-state index is 0.0874. The molecule has 4 aromatic rings. The van der Waals surface area contributed by atoms with Gasteiger partial charge in [0.2, 0.25) is 0 Å². The lowest BCUT2D eigenvalue weighted by atomic mass is 9.85. The quantitative estimate of drug-likeness (QED) is 0.0911. The molecule has 4 aromatic carbocycles. The molecule has 6 rings (SSSR count). The lowest BCUT2D eigenvalue weighted by molar-refractivity contribution is 0.590. The molecule has 0 N–H and O–H groups in total. The molecule has 0 spiro atoms. The van der Waals surface area contributed by atoms with Gasteiger partial charge in [0, 0.05) is 21.4 Å². The van der Waals surface area contributed by atoms with Crippen LogP contribution in [-0.4, -0.2) is 9.52 Å². The van der Waals surface area contributed by atoms with Gasteiger partial charge in [-0.25, -0.2) is 0 Å². The molecule has 2 unspecified atom stereocenters. The summed E-state index contributed by atoms with van der Waals surface area (Å²) in [6, 6.07) is 35.6. The van der Waals surface area contributed by atoms with Gasteiger partial charge in [0.05, 0.1) is 0 Å². The van der Waals surface area contributed by atoms with E-state index in [0.29, 0.717) is 11.8 Å². The summed E-state index contributed by atoms with van der Waals surface area (Å²) in [5.41, 5.74) is 17.8. The number of fused-ring (bicyclic) bond motifs is 2. The van der Waals surface area contributed by atoms with Crippen molar-refractivity contribution in [2.24, 2.45) is 0 Å². The van der Waals surface area contributed by atoms with E-state index < -0.39 is 0 Å². The molecule has 0 amide bonds. The van der Waals surface area contributed by atoms with Gasteiger partial charge in [-0.05, 0) is 93.2 Å². The van der Waals surface area contributed by atoms with E-state index in [4.69, 9.17) is 0 Å². The Bertz CT molecular complexity index is 1700. The maximum absolute atomic E-state index is 2.48. The van der Waals surface area contributed by atoms with Gasteiger partial charge in [-0.1, -0.05) is 200 Å². The average Bonchev–Trinajstić information content (AvgIpc) is 3.60. The summed E-state index contributed by atoms with van der Waals surface area (Å²) in [6.45, 7) is 18.5. The molecule has 0 saturated carbocycles. The summed E-state index contributed by atoms with van der Waals surface area (Å²) in [5, 5.41) is 0. The van der Waals surface area contributed by atoms with Crippen molar-refractivity contribution in [3.8, 4) is 22.3 Å². The highest BCUT2D eigenvalue weighted by molar-refractivity contribution is 6.35. The van der Waals surface area contributed by atoms with Gasteiger partial charge in [0.15, 0.2) is 0 Å². The van der Waals surface area contributed by atoms with Gasteiger partial charge in [0.1, 0.15) is 0 Å². The van der Waals surface area contributed by atoms with E-state index in [-0.39, 0.29) is 20.3 Å². The maximum Gasteiger partial charge on any atom is 0.0197 e. The number of unbranched alkanes of at least 4 members (excludes halogenated alkanes) is 4. The number of hydrogen-bond acceptors (Lipinski definition) is 0. The first-order valence-corrected chi connectivity index (χ1v) is 22.3. The minimum atomic E-state index is 0.0874. The Labute approximate surface area is 313 Å². The zero-order valence-corrected chi connectivity index (χ0v) is 34.6. The molecule has 0 bridgehead atoms. The molecule has 0 radical (unpaired) electrons. The minimum Gasteiger partial charge on any atom is -0.0652 e. The van der Waals surface area contributed by atoms with Crippen LogP contribution in [0, 0.1) is 0 Å². The normalized spacial score (nSPS) is 17.2. The first kappa shape index (κ1) is 37.3. The van der Waals surface area contributed by atoms with E-state index in [1.165, 1.54) is 108 Å². The molecule has 2 atom stereocenters. The SMILES string of the molecule is CC1=Cc2c(-c3ccc(C(C)(C)C)cc3)cccc2C1CCCCC[SiH2]CCCCCC1C(C)=Cc2c(-c3ccc(C(C)(C)C)cc3)cccc21. The second-order valence-corrected chi connectivity index (χ2v) is 20.0. The van der Waals surface area contributed by atoms with Crippen LogP contribution < -0.4 is 0 Å². The topological polar surface area (TPSA) is 0 Å². The van der Waals surface area contributed by atoms with Gasteiger partial charge in [-0.2, -0.15) is 0 Å². The summed E-state index contributed by atoms with van der Waals surface area (Å²) in [6.07, 6.45) is 15.9. The van der Waals surface area contributed by atoms with E-state index >= 15 is 0 Å². The number of allylic oxidation sites excluding steroid dienone is 2. The van der Waals surface area contributed by atoms with Crippen LogP contribution in [0.25, 0.3) is 34.4 Å². The van der Waals surface area contributed by atoms with Gasteiger partial charge >= 0.3 is 0 Å². The summed E-state index contributed by atoms with van der Waals surface area (Å²) in [4.78, 5) is 0. The molecule has 0 heterocycles. The van der Waals surface area contributed by atoms with Gasteiger partial charge in [-0.15, -0.1) is 0 Å². The predicted molar refractivity (Wildman–Crippen MR) is 229 cm³/mol. The van der Waals surface area contributed by atoms with Crippen LogP contribution in [0.2, 0.25) is 12.1 Å². The van der Waals surface area contributed by atoms with Crippen molar-refractivity contribution < 1.29 is 0 Å². The molecule has 0 aromatic heterocycles. The zero-order chi connectivity index (χ0) is 36.2. The molecule has 2 aliphatic carbocycles. The largest absolute Gasteiger partial charge is 0.0652 e. The maximum atomic E-state index is 2.48. The second kappa shape index (κ2) is 16.1. The van der Waals surface area contributed by atoms with Crippen molar-refractivity contribution in [2.75, 3.05) is 0 Å². The highest BCUT2D eigenvalue weighted by atomic mass is 28.2. The molecule has 0 saturated heterocycles. The van der Waals surface area contributed by atoms with Crippen molar-refractivity contribution in [3.63, 3.8) is 0 Å². The summed E-state index contributed by atoms with van der Waals surface area (Å²) < 4.78 is 0. The third-order valence-corrected chi connectivity index (χ3v) is 14.0. The van der Waals surface area contributed by atoms with Crippen molar-refractivity contribution >= 4 is 21.7 Å². The van der Waals surface area contributed by atoms with Crippen molar-refractivity contribution in [2.45, 2.75) is 142 Å². The second-order valence-electron chi connectivity index (χ2n) is 17.9. The van der Waals surface area contributed by atoms with Crippen LogP contribution in [0.3, 0.4) is 0 Å². The molecule has 2 aliphatic rings. The lowest BCUT2D eigenvalue weighted by Crippen LogP contribution is -2.10. The van der Waals surface area contributed by atoms with E-state index in [1.54, 1.807) is 22.3 Å². The number of hydrogen-bond donors (Lipinski definition) is 0. The summed E-state index contributed by atoms with van der Waals surface area (Å²) >= 11 is 0. The highest BCUT2D eigenvalue weighted by Gasteiger charge is 2.26. The molecule has 268 valence electrons. The van der Waals surface area contributed by atoms with Gasteiger partial charge in [-0.3, -0.25) is 0 Å². The summed E-state index contributed by atoms with van der Waals surface area (Å²) in [7, 11) is 0.0874. The van der Waals surface area contributed by atoms with E-state index in [1.807, 2.05) is 0 Å². The molecule has 51 heavy (non-hydrogen) atoms. The van der Waals surface area contributed by atoms with Crippen LogP contribution in [0.5, 0.6) is 0 Å². The van der Waals surface area contributed by atoms with E-state index in [9.17, 15) is 0 Å². The predicted octanol–water partition coefficient (Wildman–Crippen LogP) is 14.4. The fourth-order valence-corrected chi connectivity index (χ4v) is 10.5. The van der Waals surface area contributed by atoms with Crippen LogP contribution in [-0.2, 0) is 10.8 Å². The Morgan fingerprint density at radius 3 is 1.24 bits per heavy atom. The Morgan fingerprint density at radius 2 is 0.863 bits per heavy atom. The molecule has 0 aliphatic heterocycles. The summed E-state index contributed by atoms with van der Waals surface area (Å²) in [5.74, 6) is 1.20. The number of rotatable bonds is 14. The Balaban J connectivity index is 0.888. The third-order valence-electron chi connectivity index (χ3n) is 12.0. The molecule has 0 fully saturated rings. The highest BCUT2D eigenvalue weighted by Crippen LogP contribution is 2.45. The van der Waals surface area contributed by atoms with Gasteiger partial charge in [0.25, 0.3) is 0 Å². The van der Waals surface area contributed by atoms with Crippen LogP contribution in [0.4, 0.5) is 0 Å². The zero-order valence-electron chi connectivity index (χ0n) is 33.2. The smallest absolute Gasteiger partial charge is 0.0197 e. The van der Waals surface area contributed by atoms with Crippen molar-refractivity contribution in [1.82, 2.24) is 0 Å². The Kier molecular flexibility index (Phi) is 11.8. The van der Waals surface area contributed by atoms with Crippen LogP contribution in [0.1, 0.15) is 152 Å². The van der Waals surface area contributed by atoms with Crippen molar-refractivity contribution in [3.05, 3.63) is 129 Å². The van der Waals surface area contributed by atoms with Crippen molar-refractivity contribution in [1.29, 1.82) is 0 Å². The first-order valence-electron chi connectivity index (χ1n) is 20.3. The lowest BCUT2D eigenvalue weighted by Gasteiger charge is -2.20. The third kappa shape index (κ3) is 8.80. The average molecular weight is 693 g/mol. The van der Waals surface area contributed by atoms with Crippen LogP contribution >= 0.6 is 0 Å². The first-order chi connectivity index (χ1) is 24.4. The fourth-order valence-electron chi connectivity index (χ4n) is 8.75. The standard InChI is InChI=1S/C50H64Si/c1-35-33-47-43(37-23-27-39(28-24-37)49(3,4)5)19-15-21-45(47)41(35)17-11-9-13-31-51-32-14-10-12-18-42-36(2)34-48-44(20-16-22-46(42)48)38-25-29-40(30-26-38)50(6,7)8/h15-16,19-30,33-34,41-42H,9-14,17-18,31-32,51H2,1-8H3. The fraction of sp³-hybridized carbons (Fsp3) is 0.440. The molecular weight excluding hydrogens is 629 g/mol.